The first-order valence-electron chi connectivity index (χ1n) is 5.56. The fourth-order valence-electron chi connectivity index (χ4n) is 1.73. The van der Waals surface area contributed by atoms with Crippen molar-refractivity contribution in [1.29, 1.82) is 0 Å². The number of carbonyl (C=O) groups excluding carboxylic acids is 1. The van der Waals surface area contributed by atoms with Gasteiger partial charge in [0.15, 0.2) is 0 Å². The zero-order chi connectivity index (χ0) is 13.2. The topological polar surface area (TPSA) is 87.3 Å². The Morgan fingerprint density at radius 2 is 2.26 bits per heavy atom. The van der Waals surface area contributed by atoms with E-state index in [1.165, 1.54) is 18.5 Å². The molecule has 6 nitrogen and oxygen atoms in total. The molecule has 1 aliphatic rings. The van der Waals surface area contributed by atoms with Gasteiger partial charge in [0.05, 0.1) is 9.77 Å². The van der Waals surface area contributed by atoms with Gasteiger partial charge >= 0.3 is 0 Å². The summed E-state index contributed by atoms with van der Waals surface area (Å²) in [6, 6.07) is 1.53. The number of sulfonamides is 1. The fraction of sp³-hybridized carbons (Fsp3) is 0.500. The van der Waals surface area contributed by atoms with E-state index in [4.69, 9.17) is 0 Å². The SMILES string of the molecule is CNS(=O)(=O)c1csc(C(=O)NC2CCNC2)c1.Cl. The Morgan fingerprint density at radius 1 is 1.53 bits per heavy atom. The molecule has 1 aliphatic heterocycles. The molecule has 9 heteroatoms. The molecule has 0 bridgehead atoms. The van der Waals surface area contributed by atoms with Gasteiger partial charge in [0, 0.05) is 18.0 Å². The first-order chi connectivity index (χ1) is 8.53. The number of rotatable bonds is 4. The maximum Gasteiger partial charge on any atom is 0.261 e. The smallest absolute Gasteiger partial charge is 0.261 e. The lowest BCUT2D eigenvalue weighted by atomic mass is 10.2. The lowest BCUT2D eigenvalue weighted by Crippen LogP contribution is -2.35. The highest BCUT2D eigenvalue weighted by molar-refractivity contribution is 7.89. The van der Waals surface area contributed by atoms with Crippen LogP contribution in [0.5, 0.6) is 0 Å². The minimum atomic E-state index is -3.47. The second-order valence-corrected chi connectivity index (χ2v) is 6.82. The van der Waals surface area contributed by atoms with E-state index in [2.05, 4.69) is 15.4 Å². The Bertz CT molecular complexity index is 538. The van der Waals surface area contributed by atoms with Crippen LogP contribution in [0.25, 0.3) is 0 Å². The van der Waals surface area contributed by atoms with Crippen LogP contribution in [-0.2, 0) is 10.0 Å². The van der Waals surface area contributed by atoms with Gasteiger partial charge in [-0.1, -0.05) is 0 Å². The van der Waals surface area contributed by atoms with Crippen LogP contribution in [0, 0.1) is 0 Å². The Kier molecular flexibility index (Phi) is 5.75. The first kappa shape index (κ1) is 16.4. The van der Waals surface area contributed by atoms with Gasteiger partial charge in [-0.3, -0.25) is 4.79 Å². The lowest BCUT2D eigenvalue weighted by molar-refractivity contribution is 0.0944. The summed E-state index contributed by atoms with van der Waals surface area (Å²) in [5, 5.41) is 7.49. The van der Waals surface area contributed by atoms with Gasteiger partial charge in [0.1, 0.15) is 0 Å². The minimum absolute atomic E-state index is 0. The van der Waals surface area contributed by atoms with Gasteiger partial charge in [0.2, 0.25) is 10.0 Å². The quantitative estimate of drug-likeness (QED) is 0.736. The molecule has 0 aromatic carbocycles. The van der Waals surface area contributed by atoms with Crippen molar-refractivity contribution >= 4 is 39.7 Å². The summed E-state index contributed by atoms with van der Waals surface area (Å²) in [6.07, 6.45) is 0.902. The lowest BCUT2D eigenvalue weighted by Gasteiger charge is -2.09. The average molecular weight is 326 g/mol. The molecule has 1 aromatic heterocycles. The van der Waals surface area contributed by atoms with E-state index in [-0.39, 0.29) is 29.3 Å². The van der Waals surface area contributed by atoms with Crippen molar-refractivity contribution in [2.45, 2.75) is 17.4 Å². The first-order valence-corrected chi connectivity index (χ1v) is 7.93. The predicted octanol–water partition coefficient (Wildman–Crippen LogP) is 0.170. The van der Waals surface area contributed by atoms with Crippen LogP contribution < -0.4 is 15.4 Å². The molecule has 2 rings (SSSR count). The molecular weight excluding hydrogens is 310 g/mol. The highest BCUT2D eigenvalue weighted by atomic mass is 35.5. The van der Waals surface area contributed by atoms with Gasteiger partial charge in [-0.05, 0) is 26.1 Å². The fourth-order valence-corrected chi connectivity index (χ4v) is 3.64. The molecule has 1 aromatic rings. The summed E-state index contributed by atoms with van der Waals surface area (Å²) < 4.78 is 25.3. The van der Waals surface area contributed by atoms with E-state index in [1.54, 1.807) is 0 Å². The van der Waals surface area contributed by atoms with Crippen molar-refractivity contribution in [3.63, 3.8) is 0 Å². The molecule has 0 radical (unpaired) electrons. The minimum Gasteiger partial charge on any atom is -0.347 e. The molecule has 1 amide bonds. The second kappa shape index (κ2) is 6.67. The van der Waals surface area contributed by atoms with Crippen LogP contribution in [0.3, 0.4) is 0 Å². The van der Waals surface area contributed by atoms with Crippen LogP contribution in [0.1, 0.15) is 16.1 Å². The number of amides is 1. The molecule has 0 aliphatic carbocycles. The molecule has 0 spiro atoms. The van der Waals surface area contributed by atoms with Crippen LogP contribution >= 0.6 is 23.7 Å². The van der Waals surface area contributed by atoms with Crippen molar-refractivity contribution < 1.29 is 13.2 Å². The summed E-state index contributed by atoms with van der Waals surface area (Å²) in [4.78, 5) is 12.4. The maximum atomic E-state index is 11.9. The molecule has 1 unspecified atom stereocenters. The predicted molar refractivity (Wildman–Crippen MR) is 76.6 cm³/mol. The van der Waals surface area contributed by atoms with Gasteiger partial charge in [-0.2, -0.15) is 0 Å². The van der Waals surface area contributed by atoms with E-state index in [0.29, 0.717) is 4.88 Å². The highest BCUT2D eigenvalue weighted by Gasteiger charge is 2.20. The summed E-state index contributed by atoms with van der Waals surface area (Å²) in [6.45, 7) is 1.66. The average Bonchev–Trinajstić information content (AvgIpc) is 2.99. The van der Waals surface area contributed by atoms with E-state index in [1.807, 2.05) is 0 Å². The molecule has 1 fully saturated rings. The Hall–Kier alpha value is -0.670. The Labute approximate surface area is 122 Å². The van der Waals surface area contributed by atoms with Crippen molar-refractivity contribution in [2.24, 2.45) is 0 Å². The van der Waals surface area contributed by atoms with Crippen molar-refractivity contribution in [3.8, 4) is 0 Å². The summed E-state index contributed by atoms with van der Waals surface area (Å²) >= 11 is 1.13. The maximum absolute atomic E-state index is 11.9. The van der Waals surface area contributed by atoms with E-state index in [9.17, 15) is 13.2 Å². The summed E-state index contributed by atoms with van der Waals surface area (Å²) in [5.74, 6) is -0.216. The van der Waals surface area contributed by atoms with Gasteiger partial charge in [-0.15, -0.1) is 23.7 Å². The third-order valence-electron chi connectivity index (χ3n) is 2.77. The molecule has 1 atom stereocenters. The number of hydrogen-bond donors (Lipinski definition) is 3. The van der Waals surface area contributed by atoms with Crippen LogP contribution in [0.4, 0.5) is 0 Å². The standard InChI is InChI=1S/C10H15N3O3S2.ClH/c1-11-18(15,16)8-4-9(17-6-8)10(14)13-7-2-3-12-5-7;/h4,6-7,11-12H,2-3,5H2,1H3,(H,13,14);1H. The molecular formula is C10H16ClN3O3S2. The number of hydrogen-bond acceptors (Lipinski definition) is 5. The van der Waals surface area contributed by atoms with Crippen LogP contribution in [0.2, 0.25) is 0 Å². The molecule has 19 heavy (non-hydrogen) atoms. The normalized spacial score (nSPS) is 18.9. The molecule has 0 saturated carbocycles. The van der Waals surface area contributed by atoms with Crippen LogP contribution in [0.15, 0.2) is 16.3 Å². The van der Waals surface area contributed by atoms with Crippen molar-refractivity contribution in [3.05, 3.63) is 16.3 Å². The van der Waals surface area contributed by atoms with Gasteiger partial charge in [0.25, 0.3) is 5.91 Å². The number of carbonyl (C=O) groups is 1. The zero-order valence-electron chi connectivity index (χ0n) is 10.3. The second-order valence-electron chi connectivity index (χ2n) is 4.02. The third kappa shape index (κ3) is 3.90. The molecule has 1 saturated heterocycles. The summed E-state index contributed by atoms with van der Waals surface area (Å²) in [7, 11) is -2.13. The van der Waals surface area contributed by atoms with Crippen molar-refractivity contribution in [1.82, 2.24) is 15.4 Å². The number of thiophene rings is 1. The van der Waals surface area contributed by atoms with Crippen molar-refractivity contribution in [2.75, 3.05) is 20.1 Å². The molecule has 3 N–H and O–H groups in total. The molecule has 108 valence electrons. The van der Waals surface area contributed by atoms with Crippen LogP contribution in [-0.4, -0.2) is 40.5 Å². The van der Waals surface area contributed by atoms with Gasteiger partial charge in [-0.25, -0.2) is 13.1 Å². The zero-order valence-corrected chi connectivity index (χ0v) is 12.8. The number of nitrogens with one attached hydrogen (secondary N) is 3. The Morgan fingerprint density at radius 3 is 2.84 bits per heavy atom. The van der Waals surface area contributed by atoms with E-state index < -0.39 is 10.0 Å². The Balaban J connectivity index is 0.00000180. The van der Waals surface area contributed by atoms with E-state index in [0.717, 1.165) is 30.8 Å². The van der Waals surface area contributed by atoms with Gasteiger partial charge < -0.3 is 10.6 Å². The highest BCUT2D eigenvalue weighted by Crippen LogP contribution is 2.19. The molecule has 2 heterocycles. The summed E-state index contributed by atoms with van der Waals surface area (Å²) in [5.41, 5.74) is 0. The monoisotopic (exact) mass is 325 g/mol. The largest absolute Gasteiger partial charge is 0.347 e. The number of halogens is 1. The van der Waals surface area contributed by atoms with E-state index >= 15 is 0 Å². The third-order valence-corrected chi connectivity index (χ3v) is 5.25.